The van der Waals surface area contributed by atoms with E-state index in [1.165, 1.54) is 6.20 Å². The van der Waals surface area contributed by atoms with Crippen molar-refractivity contribution in [3.8, 4) is 0 Å². The van der Waals surface area contributed by atoms with Crippen LogP contribution in [-0.2, 0) is 4.57 Å². The number of rotatable bonds is 3. The fraction of sp³-hybridized carbons (Fsp3) is 0.182. The first-order valence-electron chi connectivity index (χ1n) is 5.33. The molecule has 100 valence electrons. The van der Waals surface area contributed by atoms with Crippen molar-refractivity contribution < 1.29 is 4.57 Å². The van der Waals surface area contributed by atoms with Gasteiger partial charge in [0.25, 0.3) is 0 Å². The zero-order valence-electron chi connectivity index (χ0n) is 10.3. The maximum Gasteiger partial charge on any atom is 0.224 e. The number of aromatic nitrogens is 3. The third-order valence-electron chi connectivity index (χ3n) is 2.26. The summed E-state index contributed by atoms with van der Waals surface area (Å²) in [7, 11) is -2.51. The maximum absolute atomic E-state index is 12.2. The Balaban J connectivity index is 2.44. The molecule has 0 spiro atoms. The Kier molecular flexibility index (Phi) is 4.09. The lowest BCUT2D eigenvalue weighted by atomic mass is 10.4. The van der Waals surface area contributed by atoms with Crippen LogP contribution in [0, 0.1) is 0 Å². The second kappa shape index (κ2) is 5.45. The number of nitrogens with one attached hydrogen (secondary N) is 1. The van der Waals surface area contributed by atoms with Crippen LogP contribution in [0.25, 0.3) is 0 Å². The summed E-state index contributed by atoms with van der Waals surface area (Å²) in [6.45, 7) is 3.30. The van der Waals surface area contributed by atoms with Crippen molar-refractivity contribution in [3.63, 3.8) is 0 Å². The fourth-order valence-corrected chi connectivity index (χ4v) is 2.81. The number of anilines is 2. The molecule has 2 aromatic heterocycles. The third kappa shape index (κ3) is 3.44. The molecular weight excluding hydrogens is 306 g/mol. The van der Waals surface area contributed by atoms with Gasteiger partial charge in [-0.25, -0.2) is 4.98 Å². The molecule has 0 aliphatic rings. The summed E-state index contributed by atoms with van der Waals surface area (Å²) in [5.74, 6) is 0.351. The van der Waals surface area contributed by atoms with Gasteiger partial charge in [-0.15, -0.1) is 0 Å². The van der Waals surface area contributed by atoms with Crippen LogP contribution in [0.15, 0.2) is 24.5 Å². The van der Waals surface area contributed by atoms with Crippen LogP contribution in [0.4, 0.5) is 11.5 Å². The van der Waals surface area contributed by atoms with Crippen molar-refractivity contribution in [3.05, 3.63) is 34.8 Å². The Morgan fingerprint density at radius 1 is 1.26 bits per heavy atom. The molecule has 0 amide bonds. The van der Waals surface area contributed by atoms with Gasteiger partial charge in [-0.3, -0.25) is 4.98 Å². The lowest BCUT2D eigenvalue weighted by Gasteiger charge is -2.13. The summed E-state index contributed by atoms with van der Waals surface area (Å²) in [6.07, 6.45) is 2.99. The van der Waals surface area contributed by atoms with Gasteiger partial charge in [-0.2, -0.15) is 4.98 Å². The summed E-state index contributed by atoms with van der Waals surface area (Å²) in [5, 5.41) is 3.38. The van der Waals surface area contributed by atoms with E-state index in [9.17, 15) is 4.57 Å². The van der Waals surface area contributed by atoms with Crippen molar-refractivity contribution >= 4 is 47.3 Å². The minimum atomic E-state index is -2.51. The topological polar surface area (TPSA) is 67.8 Å². The monoisotopic (exact) mass is 316 g/mol. The van der Waals surface area contributed by atoms with Crippen LogP contribution in [0.2, 0.25) is 10.3 Å². The van der Waals surface area contributed by atoms with Crippen molar-refractivity contribution in [2.24, 2.45) is 0 Å². The molecular formula is C11H11Cl2N4OP. The molecule has 0 saturated carbocycles. The number of nitrogens with zero attached hydrogens (tertiary/aromatic N) is 3. The van der Waals surface area contributed by atoms with E-state index in [-0.39, 0.29) is 5.28 Å². The normalized spacial score (nSPS) is 11.4. The number of hydrogen-bond donors (Lipinski definition) is 1. The molecule has 8 heteroatoms. The summed E-state index contributed by atoms with van der Waals surface area (Å²) in [6, 6.07) is 3.49. The fourth-order valence-electron chi connectivity index (χ4n) is 1.48. The Bertz CT molecular complexity index is 659. The number of hydrogen-bond acceptors (Lipinski definition) is 5. The molecule has 2 heterocycles. The first-order chi connectivity index (χ1) is 8.88. The molecule has 2 rings (SSSR count). The first kappa shape index (κ1) is 14.3. The van der Waals surface area contributed by atoms with Gasteiger partial charge in [-0.1, -0.05) is 11.6 Å². The van der Waals surface area contributed by atoms with Gasteiger partial charge in [0.15, 0.2) is 5.82 Å². The van der Waals surface area contributed by atoms with Crippen LogP contribution in [0.3, 0.4) is 0 Å². The van der Waals surface area contributed by atoms with Crippen LogP contribution in [0.5, 0.6) is 0 Å². The Hall–Kier alpha value is -1.16. The minimum absolute atomic E-state index is 0.0773. The zero-order chi connectivity index (χ0) is 14.0. The minimum Gasteiger partial charge on any atom is -0.337 e. The molecule has 0 fully saturated rings. The van der Waals surface area contributed by atoms with Crippen molar-refractivity contribution in [1.29, 1.82) is 0 Å². The van der Waals surface area contributed by atoms with Crippen molar-refractivity contribution in [1.82, 2.24) is 15.0 Å². The second-order valence-corrected chi connectivity index (χ2v) is 8.06. The molecule has 19 heavy (non-hydrogen) atoms. The Morgan fingerprint density at radius 2 is 2.00 bits per heavy atom. The standard InChI is InChI=1S/C11H11Cl2N4OP/c1-19(2,18)10-8(4-3-5-14-10)16-9-7(12)6-15-11(13)17-9/h3-6H,1-2H3,(H,15,16,17). The van der Waals surface area contributed by atoms with Crippen LogP contribution in [0.1, 0.15) is 0 Å². The van der Waals surface area contributed by atoms with Gasteiger partial charge >= 0.3 is 0 Å². The zero-order valence-corrected chi connectivity index (χ0v) is 12.7. The highest BCUT2D eigenvalue weighted by molar-refractivity contribution is 7.70. The SMILES string of the molecule is CP(C)(=O)c1ncccc1Nc1nc(Cl)ncc1Cl. The number of halogens is 2. The molecule has 0 saturated heterocycles. The molecule has 1 N–H and O–H groups in total. The predicted octanol–water partition coefficient (Wildman–Crippen LogP) is 3.17. The molecule has 0 aromatic carbocycles. The van der Waals surface area contributed by atoms with Crippen LogP contribution < -0.4 is 10.8 Å². The summed E-state index contributed by atoms with van der Waals surface area (Å²) in [5.41, 5.74) is 1.08. The van der Waals surface area contributed by atoms with Crippen molar-refractivity contribution in [2.75, 3.05) is 18.6 Å². The van der Waals surface area contributed by atoms with E-state index in [1.807, 2.05) is 0 Å². The first-order valence-corrected chi connectivity index (χ1v) is 8.69. The molecule has 2 aromatic rings. The van der Waals surface area contributed by atoms with E-state index in [2.05, 4.69) is 20.3 Å². The summed E-state index contributed by atoms with van der Waals surface area (Å²) < 4.78 is 12.2. The van der Waals surface area contributed by atoms with E-state index in [1.54, 1.807) is 31.7 Å². The van der Waals surface area contributed by atoms with Gasteiger partial charge in [0.05, 0.1) is 11.9 Å². The highest BCUT2D eigenvalue weighted by Gasteiger charge is 2.18. The lowest BCUT2D eigenvalue weighted by Crippen LogP contribution is -2.14. The predicted molar refractivity (Wildman–Crippen MR) is 78.7 cm³/mol. The van der Waals surface area contributed by atoms with E-state index in [0.717, 1.165) is 0 Å². The van der Waals surface area contributed by atoms with Crippen molar-refractivity contribution in [2.45, 2.75) is 0 Å². The lowest BCUT2D eigenvalue weighted by molar-refractivity contribution is 0.588. The van der Waals surface area contributed by atoms with E-state index < -0.39 is 7.14 Å². The van der Waals surface area contributed by atoms with E-state index >= 15 is 0 Å². The molecule has 0 radical (unpaired) electrons. The molecule has 0 aliphatic heterocycles. The van der Waals surface area contributed by atoms with E-state index in [4.69, 9.17) is 23.2 Å². The van der Waals surface area contributed by atoms with E-state index in [0.29, 0.717) is 22.0 Å². The average molecular weight is 317 g/mol. The van der Waals surface area contributed by atoms with Gasteiger partial charge in [0.2, 0.25) is 5.28 Å². The molecule has 0 atom stereocenters. The van der Waals surface area contributed by atoms with Gasteiger partial charge in [-0.05, 0) is 37.1 Å². The highest BCUT2D eigenvalue weighted by Crippen LogP contribution is 2.37. The van der Waals surface area contributed by atoms with Crippen LogP contribution in [-0.4, -0.2) is 28.3 Å². The van der Waals surface area contributed by atoms with Gasteiger partial charge in [0.1, 0.15) is 17.6 Å². The quantitative estimate of drug-likeness (QED) is 0.696. The van der Waals surface area contributed by atoms with Gasteiger partial charge in [0, 0.05) is 6.20 Å². The number of pyridine rings is 1. The molecule has 0 aliphatic carbocycles. The van der Waals surface area contributed by atoms with Gasteiger partial charge < -0.3 is 9.88 Å². The third-order valence-corrected chi connectivity index (χ3v) is 4.10. The summed E-state index contributed by atoms with van der Waals surface area (Å²) >= 11 is 11.7. The summed E-state index contributed by atoms with van der Waals surface area (Å²) in [4.78, 5) is 11.9. The second-order valence-electron chi connectivity index (χ2n) is 4.19. The largest absolute Gasteiger partial charge is 0.337 e. The highest BCUT2D eigenvalue weighted by atomic mass is 35.5. The van der Waals surface area contributed by atoms with Crippen LogP contribution >= 0.6 is 30.3 Å². The smallest absolute Gasteiger partial charge is 0.224 e. The molecule has 5 nitrogen and oxygen atoms in total. The molecule has 0 bridgehead atoms. The maximum atomic E-state index is 12.2. The Labute approximate surface area is 120 Å². The Morgan fingerprint density at radius 3 is 2.68 bits per heavy atom. The molecule has 0 unspecified atom stereocenters. The average Bonchev–Trinajstić information content (AvgIpc) is 2.33.